The monoisotopic (exact) mass is 372 g/mol. The van der Waals surface area contributed by atoms with Crippen LogP contribution in [0.2, 0.25) is 0 Å². The Kier molecular flexibility index (Phi) is 5.66. The highest BCUT2D eigenvalue weighted by molar-refractivity contribution is 14.1. The number of halogens is 1. The van der Waals surface area contributed by atoms with Crippen molar-refractivity contribution in [3.05, 3.63) is 55.8 Å². The van der Waals surface area contributed by atoms with Gasteiger partial charge in [-0.25, -0.2) is 0 Å². The van der Waals surface area contributed by atoms with Crippen molar-refractivity contribution in [1.82, 2.24) is 0 Å². The maximum absolute atomic E-state index is 10.0. The van der Waals surface area contributed by atoms with Crippen LogP contribution in [0.15, 0.2) is 41.8 Å². The number of aryl methyl sites for hydroxylation is 1. The second-order valence-electron chi connectivity index (χ2n) is 4.46. The lowest BCUT2D eigenvalue weighted by atomic mass is 10.0. The third-order valence-corrected chi connectivity index (χ3v) is 4.58. The molecule has 2 rings (SSSR count). The summed E-state index contributed by atoms with van der Waals surface area (Å²) >= 11 is 4.10. The molecule has 0 saturated heterocycles. The van der Waals surface area contributed by atoms with Crippen molar-refractivity contribution < 1.29 is 5.11 Å². The number of hydrogen-bond acceptors (Lipinski definition) is 2. The number of rotatable bonds is 6. The Labute approximate surface area is 126 Å². The Bertz CT molecular complexity index is 450. The summed E-state index contributed by atoms with van der Waals surface area (Å²) in [4.78, 5) is 1.41. The fourth-order valence-corrected chi connectivity index (χ4v) is 3.07. The van der Waals surface area contributed by atoms with Crippen molar-refractivity contribution in [2.75, 3.05) is 0 Å². The molecular weight excluding hydrogens is 355 g/mol. The summed E-state index contributed by atoms with van der Waals surface area (Å²) in [7, 11) is 0. The second-order valence-corrected chi connectivity index (χ2v) is 6.73. The minimum absolute atomic E-state index is 0.218. The van der Waals surface area contributed by atoms with E-state index in [9.17, 15) is 5.11 Å². The molecule has 1 nitrogen and oxygen atoms in total. The lowest BCUT2D eigenvalue weighted by Crippen LogP contribution is -2.10. The number of aliphatic hydroxyl groups is 1. The first kappa shape index (κ1) is 14.0. The molecule has 96 valence electrons. The van der Waals surface area contributed by atoms with Crippen LogP contribution < -0.4 is 0 Å². The van der Waals surface area contributed by atoms with Gasteiger partial charge in [-0.15, -0.1) is 11.3 Å². The highest BCUT2D eigenvalue weighted by atomic mass is 127. The van der Waals surface area contributed by atoms with Crippen LogP contribution in [-0.2, 0) is 12.8 Å². The van der Waals surface area contributed by atoms with Crippen molar-refractivity contribution in [3.63, 3.8) is 0 Å². The minimum Gasteiger partial charge on any atom is -0.393 e. The lowest BCUT2D eigenvalue weighted by Gasteiger charge is -2.10. The predicted octanol–water partition coefficient (Wildman–Crippen LogP) is 4.28. The second kappa shape index (κ2) is 7.26. The molecule has 18 heavy (non-hydrogen) atoms. The summed E-state index contributed by atoms with van der Waals surface area (Å²) in [6, 6.07) is 12.6. The zero-order valence-corrected chi connectivity index (χ0v) is 13.2. The Hall–Kier alpha value is -0.390. The zero-order valence-electron chi connectivity index (χ0n) is 10.2. The molecule has 0 aliphatic heterocycles. The Morgan fingerprint density at radius 3 is 2.61 bits per heavy atom. The van der Waals surface area contributed by atoms with E-state index in [-0.39, 0.29) is 6.10 Å². The van der Waals surface area contributed by atoms with E-state index in [1.807, 2.05) is 0 Å². The average Bonchev–Trinajstić information content (AvgIpc) is 2.85. The van der Waals surface area contributed by atoms with Crippen LogP contribution in [0.5, 0.6) is 0 Å². The first-order valence-electron chi connectivity index (χ1n) is 6.19. The molecule has 0 fully saturated rings. The van der Waals surface area contributed by atoms with E-state index in [2.05, 4.69) is 64.4 Å². The molecule has 3 heteroatoms. The standard InChI is InChI=1S/C15H17IOS/c16-13-8-6-12(7-9-13)11-14(17)3-1-4-15-5-2-10-18-15/h2,5-10,14,17H,1,3-4,11H2. The lowest BCUT2D eigenvalue weighted by molar-refractivity contribution is 0.162. The Morgan fingerprint density at radius 1 is 1.17 bits per heavy atom. The third-order valence-electron chi connectivity index (χ3n) is 2.93. The van der Waals surface area contributed by atoms with Crippen molar-refractivity contribution >= 4 is 33.9 Å². The molecule has 0 aliphatic rings. The minimum atomic E-state index is -0.218. The van der Waals surface area contributed by atoms with Gasteiger partial charge in [0.1, 0.15) is 0 Å². The quantitative estimate of drug-likeness (QED) is 0.751. The molecule has 1 N–H and O–H groups in total. The van der Waals surface area contributed by atoms with Gasteiger partial charge in [-0.2, -0.15) is 0 Å². The van der Waals surface area contributed by atoms with Crippen molar-refractivity contribution in [2.45, 2.75) is 31.8 Å². The fourth-order valence-electron chi connectivity index (χ4n) is 1.96. The summed E-state index contributed by atoms with van der Waals surface area (Å²) in [5, 5.41) is 12.1. The van der Waals surface area contributed by atoms with E-state index in [1.165, 1.54) is 14.0 Å². The van der Waals surface area contributed by atoms with E-state index in [0.717, 1.165) is 25.7 Å². The highest BCUT2D eigenvalue weighted by Crippen LogP contribution is 2.15. The largest absolute Gasteiger partial charge is 0.393 e. The molecule has 1 atom stereocenters. The molecule has 1 unspecified atom stereocenters. The Morgan fingerprint density at radius 2 is 1.94 bits per heavy atom. The molecule has 1 heterocycles. The smallest absolute Gasteiger partial charge is 0.0580 e. The number of aliphatic hydroxyl groups excluding tert-OH is 1. The Balaban J connectivity index is 1.71. The van der Waals surface area contributed by atoms with E-state index >= 15 is 0 Å². The zero-order chi connectivity index (χ0) is 12.8. The summed E-state index contributed by atoms with van der Waals surface area (Å²) in [6.07, 6.45) is 3.57. The molecule has 0 amide bonds. The van der Waals surface area contributed by atoms with E-state index in [4.69, 9.17) is 0 Å². The number of hydrogen-bond donors (Lipinski definition) is 1. The van der Waals surface area contributed by atoms with Gasteiger partial charge < -0.3 is 5.11 Å². The average molecular weight is 372 g/mol. The van der Waals surface area contributed by atoms with E-state index in [1.54, 1.807) is 11.3 Å². The number of benzene rings is 1. The molecule has 0 radical (unpaired) electrons. The summed E-state index contributed by atoms with van der Waals surface area (Å²) in [5.74, 6) is 0. The van der Waals surface area contributed by atoms with Crippen LogP contribution in [0.1, 0.15) is 23.3 Å². The van der Waals surface area contributed by atoms with Crippen LogP contribution in [0.25, 0.3) is 0 Å². The number of thiophene rings is 1. The van der Waals surface area contributed by atoms with Crippen molar-refractivity contribution in [2.24, 2.45) is 0 Å². The third kappa shape index (κ3) is 4.71. The molecule has 0 bridgehead atoms. The molecular formula is C15H17IOS. The summed E-state index contributed by atoms with van der Waals surface area (Å²) in [6.45, 7) is 0. The van der Waals surface area contributed by atoms with Crippen molar-refractivity contribution in [3.8, 4) is 0 Å². The van der Waals surface area contributed by atoms with Crippen LogP contribution >= 0.6 is 33.9 Å². The van der Waals surface area contributed by atoms with Crippen LogP contribution in [0.3, 0.4) is 0 Å². The summed E-state index contributed by atoms with van der Waals surface area (Å²) < 4.78 is 1.24. The van der Waals surface area contributed by atoms with Crippen molar-refractivity contribution in [1.29, 1.82) is 0 Å². The molecule has 2 aromatic rings. The summed E-state index contributed by atoms with van der Waals surface area (Å²) in [5.41, 5.74) is 1.22. The SMILES string of the molecule is OC(CCCc1cccs1)Cc1ccc(I)cc1. The van der Waals surface area contributed by atoms with Gasteiger partial charge in [-0.05, 0) is 77.4 Å². The highest BCUT2D eigenvalue weighted by Gasteiger charge is 2.06. The van der Waals surface area contributed by atoms with E-state index in [0.29, 0.717) is 0 Å². The normalized spacial score (nSPS) is 12.6. The van der Waals surface area contributed by atoms with Crippen LogP contribution in [0.4, 0.5) is 0 Å². The van der Waals surface area contributed by atoms with E-state index < -0.39 is 0 Å². The van der Waals surface area contributed by atoms with Crippen LogP contribution in [0, 0.1) is 3.57 Å². The maximum atomic E-state index is 10.0. The van der Waals surface area contributed by atoms with Gasteiger partial charge in [0.2, 0.25) is 0 Å². The van der Waals surface area contributed by atoms with Gasteiger partial charge in [-0.1, -0.05) is 18.2 Å². The molecule has 0 spiro atoms. The maximum Gasteiger partial charge on any atom is 0.0580 e. The first-order valence-corrected chi connectivity index (χ1v) is 8.15. The molecule has 1 aromatic heterocycles. The van der Waals surface area contributed by atoms with Crippen LogP contribution in [-0.4, -0.2) is 11.2 Å². The van der Waals surface area contributed by atoms with Gasteiger partial charge >= 0.3 is 0 Å². The first-order chi connectivity index (χ1) is 8.74. The van der Waals surface area contributed by atoms with Gasteiger partial charge in [0, 0.05) is 8.45 Å². The fraction of sp³-hybridized carbons (Fsp3) is 0.333. The van der Waals surface area contributed by atoms with Gasteiger partial charge in [-0.3, -0.25) is 0 Å². The van der Waals surface area contributed by atoms with Gasteiger partial charge in [0.15, 0.2) is 0 Å². The molecule has 1 aromatic carbocycles. The molecule has 0 saturated carbocycles. The predicted molar refractivity (Wildman–Crippen MR) is 86.1 cm³/mol. The van der Waals surface area contributed by atoms with Gasteiger partial charge in [0.05, 0.1) is 6.10 Å². The topological polar surface area (TPSA) is 20.2 Å². The van der Waals surface area contributed by atoms with Gasteiger partial charge in [0.25, 0.3) is 0 Å². The molecule has 0 aliphatic carbocycles.